The summed E-state index contributed by atoms with van der Waals surface area (Å²) < 4.78 is 0. The number of nitrogens with one attached hydrogen (secondary N) is 1. The first-order valence-corrected chi connectivity index (χ1v) is 6.44. The SMILES string of the molecule is CC(C)(C)C1CCC(C(=O)NOCC(=O)O)CC1. The number of carboxylic acid groups (broad SMARTS) is 1. The fourth-order valence-corrected chi connectivity index (χ4v) is 2.47. The van der Waals surface area contributed by atoms with Gasteiger partial charge in [0.15, 0.2) is 6.61 Å². The van der Waals surface area contributed by atoms with Gasteiger partial charge in [0, 0.05) is 5.92 Å². The molecule has 1 aliphatic rings. The molecule has 0 aromatic rings. The number of aliphatic carboxylic acids is 1. The summed E-state index contributed by atoms with van der Waals surface area (Å²) in [5, 5.41) is 8.38. The van der Waals surface area contributed by atoms with Crippen molar-refractivity contribution in [3.05, 3.63) is 0 Å². The number of amides is 1. The first kappa shape index (κ1) is 15.0. The lowest BCUT2D eigenvalue weighted by Gasteiger charge is -2.36. The Balaban J connectivity index is 2.30. The summed E-state index contributed by atoms with van der Waals surface area (Å²) in [4.78, 5) is 26.5. The topological polar surface area (TPSA) is 75.6 Å². The largest absolute Gasteiger partial charge is 0.479 e. The summed E-state index contributed by atoms with van der Waals surface area (Å²) in [6.45, 7) is 6.19. The lowest BCUT2D eigenvalue weighted by molar-refractivity contribution is -0.151. The molecule has 0 saturated heterocycles. The van der Waals surface area contributed by atoms with Crippen molar-refractivity contribution in [3.8, 4) is 0 Å². The first-order valence-electron chi connectivity index (χ1n) is 6.44. The molecule has 1 fully saturated rings. The fraction of sp³-hybridized carbons (Fsp3) is 0.846. The Hall–Kier alpha value is -1.10. The van der Waals surface area contributed by atoms with Crippen molar-refractivity contribution in [2.24, 2.45) is 17.3 Å². The van der Waals surface area contributed by atoms with Crippen LogP contribution in [0.3, 0.4) is 0 Å². The summed E-state index contributed by atoms with van der Waals surface area (Å²) in [6, 6.07) is 0. The van der Waals surface area contributed by atoms with Crippen LogP contribution in [-0.2, 0) is 14.4 Å². The minimum Gasteiger partial charge on any atom is -0.479 e. The van der Waals surface area contributed by atoms with E-state index >= 15 is 0 Å². The number of carbonyl (C=O) groups is 2. The zero-order chi connectivity index (χ0) is 13.8. The molecule has 5 nitrogen and oxygen atoms in total. The summed E-state index contributed by atoms with van der Waals surface area (Å²) in [6.07, 6.45) is 3.79. The monoisotopic (exact) mass is 257 g/mol. The van der Waals surface area contributed by atoms with Crippen LogP contribution < -0.4 is 5.48 Å². The smallest absolute Gasteiger partial charge is 0.332 e. The highest BCUT2D eigenvalue weighted by Crippen LogP contribution is 2.39. The van der Waals surface area contributed by atoms with Crippen LogP contribution in [0.2, 0.25) is 0 Å². The third kappa shape index (κ3) is 4.64. The standard InChI is InChI=1S/C13H23NO4/c1-13(2,3)10-6-4-9(5-7-10)12(17)14-18-8-11(15)16/h9-10H,4-8H2,1-3H3,(H,14,17)(H,15,16). The number of rotatable bonds is 4. The van der Waals surface area contributed by atoms with Crippen molar-refractivity contribution in [3.63, 3.8) is 0 Å². The normalized spacial score (nSPS) is 24.6. The first-order chi connectivity index (χ1) is 8.30. The Kier molecular flexibility index (Phi) is 5.14. The number of hydrogen-bond donors (Lipinski definition) is 2. The van der Waals surface area contributed by atoms with Crippen molar-refractivity contribution in [1.29, 1.82) is 0 Å². The highest BCUT2D eigenvalue weighted by molar-refractivity contribution is 5.78. The number of hydrogen-bond acceptors (Lipinski definition) is 3. The zero-order valence-corrected chi connectivity index (χ0v) is 11.4. The third-order valence-corrected chi connectivity index (χ3v) is 3.69. The van der Waals surface area contributed by atoms with Crippen molar-refractivity contribution in [2.75, 3.05) is 6.61 Å². The lowest BCUT2D eigenvalue weighted by atomic mass is 9.70. The van der Waals surface area contributed by atoms with E-state index in [9.17, 15) is 9.59 Å². The van der Waals surface area contributed by atoms with Crippen LogP contribution in [0, 0.1) is 17.3 Å². The highest BCUT2D eigenvalue weighted by Gasteiger charge is 2.32. The predicted molar refractivity (Wildman–Crippen MR) is 66.6 cm³/mol. The second kappa shape index (κ2) is 6.18. The second-order valence-corrected chi connectivity index (χ2v) is 6.06. The molecule has 104 valence electrons. The average Bonchev–Trinajstić information content (AvgIpc) is 2.27. The number of carbonyl (C=O) groups excluding carboxylic acids is 1. The van der Waals surface area contributed by atoms with Gasteiger partial charge < -0.3 is 5.11 Å². The van der Waals surface area contributed by atoms with Crippen LogP contribution in [0.4, 0.5) is 0 Å². The molecular formula is C13H23NO4. The summed E-state index contributed by atoms with van der Waals surface area (Å²) in [5.41, 5.74) is 2.51. The molecule has 0 aromatic carbocycles. The van der Waals surface area contributed by atoms with Crippen LogP contribution in [0.25, 0.3) is 0 Å². The third-order valence-electron chi connectivity index (χ3n) is 3.69. The summed E-state index contributed by atoms with van der Waals surface area (Å²) in [5.74, 6) is -0.672. The van der Waals surface area contributed by atoms with Gasteiger partial charge in [-0.15, -0.1) is 0 Å². The molecule has 0 aliphatic heterocycles. The molecular weight excluding hydrogens is 234 g/mol. The molecule has 1 rings (SSSR count). The molecule has 18 heavy (non-hydrogen) atoms. The maximum atomic E-state index is 11.7. The lowest BCUT2D eigenvalue weighted by Crippen LogP contribution is -2.36. The van der Waals surface area contributed by atoms with Gasteiger partial charge in [-0.05, 0) is 37.0 Å². The van der Waals surface area contributed by atoms with E-state index in [0.29, 0.717) is 11.3 Å². The van der Waals surface area contributed by atoms with Crippen molar-refractivity contribution in [2.45, 2.75) is 46.5 Å². The Morgan fingerprint density at radius 3 is 2.22 bits per heavy atom. The van der Waals surface area contributed by atoms with Crippen LogP contribution in [0.5, 0.6) is 0 Å². The van der Waals surface area contributed by atoms with Gasteiger partial charge in [-0.2, -0.15) is 0 Å². The molecule has 1 saturated carbocycles. The second-order valence-electron chi connectivity index (χ2n) is 6.06. The van der Waals surface area contributed by atoms with Crippen molar-refractivity contribution >= 4 is 11.9 Å². The van der Waals surface area contributed by atoms with E-state index in [1.807, 2.05) is 0 Å². The van der Waals surface area contributed by atoms with Gasteiger partial charge in [0.05, 0.1) is 0 Å². The van der Waals surface area contributed by atoms with Gasteiger partial charge in [0.1, 0.15) is 0 Å². The average molecular weight is 257 g/mol. The van der Waals surface area contributed by atoms with Crippen LogP contribution in [0.1, 0.15) is 46.5 Å². The predicted octanol–water partition coefficient (Wildman–Crippen LogP) is 1.97. The molecule has 0 aromatic heterocycles. The maximum Gasteiger partial charge on any atom is 0.332 e. The van der Waals surface area contributed by atoms with Gasteiger partial charge in [-0.3, -0.25) is 9.63 Å². The van der Waals surface area contributed by atoms with Gasteiger partial charge in [0.25, 0.3) is 0 Å². The van der Waals surface area contributed by atoms with Crippen LogP contribution >= 0.6 is 0 Å². The molecule has 5 heteroatoms. The van der Waals surface area contributed by atoms with Gasteiger partial charge in [0.2, 0.25) is 5.91 Å². The number of hydroxylamine groups is 1. The van der Waals surface area contributed by atoms with Gasteiger partial charge in [-0.1, -0.05) is 20.8 Å². The molecule has 0 heterocycles. The van der Waals surface area contributed by atoms with E-state index in [4.69, 9.17) is 5.11 Å². The summed E-state index contributed by atoms with van der Waals surface area (Å²) in [7, 11) is 0. The van der Waals surface area contributed by atoms with Crippen LogP contribution in [-0.4, -0.2) is 23.6 Å². The number of carboxylic acids is 1. The summed E-state index contributed by atoms with van der Waals surface area (Å²) >= 11 is 0. The molecule has 1 amide bonds. The Morgan fingerprint density at radius 1 is 1.22 bits per heavy atom. The molecule has 2 N–H and O–H groups in total. The van der Waals surface area contributed by atoms with E-state index in [1.165, 1.54) is 0 Å². The van der Waals surface area contributed by atoms with Gasteiger partial charge >= 0.3 is 5.97 Å². The molecule has 1 aliphatic carbocycles. The van der Waals surface area contributed by atoms with E-state index in [0.717, 1.165) is 25.7 Å². The quantitative estimate of drug-likeness (QED) is 0.755. The highest BCUT2D eigenvalue weighted by atomic mass is 16.7. The Morgan fingerprint density at radius 2 is 1.78 bits per heavy atom. The van der Waals surface area contributed by atoms with E-state index in [1.54, 1.807) is 0 Å². The molecule has 0 atom stereocenters. The molecule has 0 radical (unpaired) electrons. The van der Waals surface area contributed by atoms with E-state index in [2.05, 4.69) is 31.1 Å². The minimum atomic E-state index is -1.09. The Bertz CT molecular complexity index is 301. The fourth-order valence-electron chi connectivity index (χ4n) is 2.47. The molecule has 0 bridgehead atoms. The van der Waals surface area contributed by atoms with Gasteiger partial charge in [-0.25, -0.2) is 10.3 Å². The minimum absolute atomic E-state index is 0.0441. The molecule has 0 spiro atoms. The van der Waals surface area contributed by atoms with Crippen molar-refractivity contribution < 1.29 is 19.5 Å². The van der Waals surface area contributed by atoms with E-state index < -0.39 is 12.6 Å². The van der Waals surface area contributed by atoms with E-state index in [-0.39, 0.29) is 11.8 Å². The van der Waals surface area contributed by atoms with Crippen molar-refractivity contribution in [1.82, 2.24) is 5.48 Å². The maximum absolute atomic E-state index is 11.7. The molecule has 0 unspecified atom stereocenters. The Labute approximate surface area is 108 Å². The zero-order valence-electron chi connectivity index (χ0n) is 11.4. The van der Waals surface area contributed by atoms with Crippen LogP contribution in [0.15, 0.2) is 0 Å².